The third kappa shape index (κ3) is 4.28. The zero-order chi connectivity index (χ0) is 24.0. The molecule has 2 bridgehead atoms. The Bertz CT molecular complexity index is 1410. The number of carbonyl (C=O) groups excluding carboxylic acids is 1. The lowest BCUT2D eigenvalue weighted by molar-refractivity contribution is 0.0146. The zero-order valence-corrected chi connectivity index (χ0v) is 19.5. The maximum atomic E-state index is 13.4. The molecular formula is C27H26FN3O3. The molecule has 2 aliphatic rings. The first-order valence-corrected chi connectivity index (χ1v) is 11.5. The van der Waals surface area contributed by atoms with Crippen LogP contribution in [0.25, 0.3) is 10.9 Å². The molecule has 0 spiro atoms. The van der Waals surface area contributed by atoms with E-state index in [1.807, 2.05) is 20.8 Å². The molecule has 7 heteroatoms. The lowest BCUT2D eigenvalue weighted by atomic mass is 10.1. The lowest BCUT2D eigenvalue weighted by Crippen LogP contribution is -2.45. The van der Waals surface area contributed by atoms with Crippen LogP contribution in [0.3, 0.4) is 0 Å². The standard InChI is InChI=1S/C27H26FN3O3/c1-27(2,3)34-26(33)31-20-10-11-21(31)16-30-24(15-20)29-23-14-18(9-12-22(23)25(30)32)8-7-17-5-4-6-19(28)13-17/h4-6,9,12-14,20-21H,10-11,15-16H2,1-3H3. The molecule has 1 aromatic heterocycles. The minimum absolute atomic E-state index is 0.0473. The van der Waals surface area contributed by atoms with E-state index < -0.39 is 5.60 Å². The van der Waals surface area contributed by atoms with Gasteiger partial charge in [-0.2, -0.15) is 0 Å². The number of benzene rings is 2. The van der Waals surface area contributed by atoms with E-state index in [0.29, 0.717) is 40.8 Å². The molecule has 1 amide bonds. The van der Waals surface area contributed by atoms with Gasteiger partial charge in [0.2, 0.25) is 0 Å². The average Bonchev–Trinajstić information content (AvgIpc) is 3.07. The number of ether oxygens (including phenoxy) is 1. The molecule has 2 unspecified atom stereocenters. The van der Waals surface area contributed by atoms with Crippen molar-refractivity contribution in [3.63, 3.8) is 0 Å². The summed E-state index contributed by atoms with van der Waals surface area (Å²) >= 11 is 0. The van der Waals surface area contributed by atoms with Crippen LogP contribution in [-0.4, -0.2) is 38.2 Å². The van der Waals surface area contributed by atoms with E-state index in [0.717, 1.165) is 12.8 Å². The highest BCUT2D eigenvalue weighted by atomic mass is 19.1. The van der Waals surface area contributed by atoms with Crippen LogP contribution in [0, 0.1) is 17.7 Å². The van der Waals surface area contributed by atoms with E-state index in [2.05, 4.69) is 11.8 Å². The molecule has 0 saturated carbocycles. The molecule has 1 saturated heterocycles. The number of fused-ring (bicyclic) bond motifs is 4. The van der Waals surface area contributed by atoms with Crippen LogP contribution >= 0.6 is 0 Å². The third-order valence-electron chi connectivity index (χ3n) is 6.25. The highest BCUT2D eigenvalue weighted by Gasteiger charge is 2.42. The van der Waals surface area contributed by atoms with Crippen molar-refractivity contribution in [1.29, 1.82) is 0 Å². The molecule has 34 heavy (non-hydrogen) atoms. The number of halogens is 1. The van der Waals surface area contributed by atoms with E-state index in [1.54, 1.807) is 39.8 Å². The van der Waals surface area contributed by atoms with Gasteiger partial charge < -0.3 is 4.74 Å². The summed E-state index contributed by atoms with van der Waals surface area (Å²) in [4.78, 5) is 32.9. The summed E-state index contributed by atoms with van der Waals surface area (Å²) in [7, 11) is 0. The Morgan fingerprint density at radius 3 is 2.56 bits per heavy atom. The summed E-state index contributed by atoms with van der Waals surface area (Å²) in [6.07, 6.45) is 1.86. The molecule has 2 aromatic carbocycles. The molecule has 5 rings (SSSR count). The summed E-state index contributed by atoms with van der Waals surface area (Å²) in [5.74, 6) is 6.32. The highest BCUT2D eigenvalue weighted by molar-refractivity contribution is 5.79. The van der Waals surface area contributed by atoms with Gasteiger partial charge in [-0.15, -0.1) is 0 Å². The van der Waals surface area contributed by atoms with Gasteiger partial charge in [0.15, 0.2) is 0 Å². The second-order valence-electron chi connectivity index (χ2n) is 9.91. The second-order valence-corrected chi connectivity index (χ2v) is 9.91. The van der Waals surface area contributed by atoms with Gasteiger partial charge in [-0.1, -0.05) is 17.9 Å². The van der Waals surface area contributed by atoms with Gasteiger partial charge in [-0.05, 0) is 70.0 Å². The summed E-state index contributed by atoms with van der Waals surface area (Å²) in [5, 5.41) is 0.515. The summed E-state index contributed by atoms with van der Waals surface area (Å²) in [6, 6.07) is 11.3. The second kappa shape index (κ2) is 8.28. The predicted octanol–water partition coefficient (Wildman–Crippen LogP) is 4.26. The van der Waals surface area contributed by atoms with Crippen molar-refractivity contribution in [2.75, 3.05) is 0 Å². The lowest BCUT2D eigenvalue weighted by Gasteiger charge is -2.30. The van der Waals surface area contributed by atoms with E-state index in [1.165, 1.54) is 12.1 Å². The van der Waals surface area contributed by atoms with Crippen molar-refractivity contribution in [1.82, 2.24) is 14.5 Å². The number of rotatable bonds is 0. The Kier molecular flexibility index (Phi) is 5.40. The van der Waals surface area contributed by atoms with E-state index in [-0.39, 0.29) is 29.6 Å². The number of amides is 1. The smallest absolute Gasteiger partial charge is 0.410 e. The van der Waals surface area contributed by atoms with Gasteiger partial charge in [-0.25, -0.2) is 14.2 Å². The van der Waals surface area contributed by atoms with Crippen LogP contribution in [0.5, 0.6) is 0 Å². The quantitative estimate of drug-likeness (QED) is 0.471. The molecular weight excluding hydrogens is 433 g/mol. The number of aromatic nitrogens is 2. The number of nitrogens with zero attached hydrogens (tertiary/aromatic N) is 3. The van der Waals surface area contributed by atoms with Gasteiger partial charge in [0.05, 0.1) is 16.9 Å². The fraction of sp³-hybridized carbons (Fsp3) is 0.370. The van der Waals surface area contributed by atoms with Crippen molar-refractivity contribution in [3.05, 3.63) is 75.6 Å². The van der Waals surface area contributed by atoms with Crippen LogP contribution in [0.1, 0.15) is 50.6 Å². The van der Waals surface area contributed by atoms with Crippen LogP contribution < -0.4 is 5.56 Å². The Morgan fingerprint density at radius 1 is 1.09 bits per heavy atom. The van der Waals surface area contributed by atoms with Crippen molar-refractivity contribution in [2.45, 2.75) is 64.3 Å². The van der Waals surface area contributed by atoms with Crippen molar-refractivity contribution < 1.29 is 13.9 Å². The molecule has 6 nitrogen and oxygen atoms in total. The van der Waals surface area contributed by atoms with Crippen LogP contribution in [-0.2, 0) is 17.7 Å². The minimum atomic E-state index is -0.581. The van der Waals surface area contributed by atoms with Gasteiger partial charge in [0, 0.05) is 30.1 Å². The molecule has 1 fully saturated rings. The van der Waals surface area contributed by atoms with Gasteiger partial charge in [0.25, 0.3) is 5.56 Å². The minimum Gasteiger partial charge on any atom is -0.444 e. The van der Waals surface area contributed by atoms with Crippen LogP contribution in [0.2, 0.25) is 0 Å². The first-order chi connectivity index (χ1) is 16.2. The Balaban J connectivity index is 1.49. The normalized spacial score (nSPS) is 19.2. The van der Waals surface area contributed by atoms with Crippen LogP contribution in [0.15, 0.2) is 47.3 Å². The molecule has 174 valence electrons. The largest absolute Gasteiger partial charge is 0.444 e. The van der Waals surface area contributed by atoms with Gasteiger partial charge in [-0.3, -0.25) is 14.3 Å². The van der Waals surface area contributed by atoms with E-state index >= 15 is 0 Å². The van der Waals surface area contributed by atoms with Crippen molar-refractivity contribution in [2.24, 2.45) is 0 Å². The first kappa shape index (κ1) is 22.1. The predicted molar refractivity (Wildman–Crippen MR) is 127 cm³/mol. The molecule has 2 atom stereocenters. The summed E-state index contributed by atoms with van der Waals surface area (Å²) in [6.45, 7) is 5.97. The first-order valence-electron chi connectivity index (χ1n) is 11.5. The monoisotopic (exact) mass is 459 g/mol. The summed E-state index contributed by atoms with van der Waals surface area (Å²) in [5.41, 5.74) is 1.15. The fourth-order valence-electron chi connectivity index (χ4n) is 4.77. The third-order valence-corrected chi connectivity index (χ3v) is 6.25. The Morgan fingerprint density at radius 2 is 1.82 bits per heavy atom. The molecule has 3 heterocycles. The maximum Gasteiger partial charge on any atom is 0.410 e. The highest BCUT2D eigenvalue weighted by Crippen LogP contribution is 2.32. The average molecular weight is 460 g/mol. The fourth-order valence-corrected chi connectivity index (χ4v) is 4.77. The summed E-state index contributed by atoms with van der Waals surface area (Å²) < 4.78 is 20.8. The van der Waals surface area contributed by atoms with Crippen LogP contribution in [0.4, 0.5) is 9.18 Å². The molecule has 2 aliphatic heterocycles. The number of carbonyl (C=O) groups is 1. The maximum absolute atomic E-state index is 13.4. The number of hydrogen-bond donors (Lipinski definition) is 0. The molecule has 3 aromatic rings. The van der Waals surface area contributed by atoms with Crippen molar-refractivity contribution >= 4 is 17.0 Å². The SMILES string of the molecule is CC(C)(C)OC(=O)N1C2CCC1Cn1c(nc3cc(C#Cc4cccc(F)c4)ccc3c1=O)C2. The van der Waals surface area contributed by atoms with E-state index in [9.17, 15) is 14.0 Å². The van der Waals surface area contributed by atoms with Gasteiger partial charge >= 0.3 is 6.09 Å². The van der Waals surface area contributed by atoms with E-state index in [4.69, 9.17) is 9.72 Å². The molecule has 0 aliphatic carbocycles. The Labute approximate surface area is 197 Å². The van der Waals surface area contributed by atoms with Crippen molar-refractivity contribution in [3.8, 4) is 11.8 Å². The molecule has 0 N–H and O–H groups in total. The Hall–Kier alpha value is -3.66. The van der Waals surface area contributed by atoms with Gasteiger partial charge in [0.1, 0.15) is 17.2 Å². The number of hydrogen-bond acceptors (Lipinski definition) is 4. The topological polar surface area (TPSA) is 64.4 Å². The zero-order valence-electron chi connectivity index (χ0n) is 19.5. The molecule has 0 radical (unpaired) electrons.